The molecule has 0 N–H and O–H groups in total. The summed E-state index contributed by atoms with van der Waals surface area (Å²) < 4.78 is 0. The maximum Gasteiger partial charge on any atom is 0.00903 e. The van der Waals surface area contributed by atoms with E-state index in [1.165, 1.54) is 27.5 Å². The number of benzene rings is 2. The SMILES string of the molecule is C=C(C)C(C)C1C=Cc2cccc3cccc1c23. The van der Waals surface area contributed by atoms with Gasteiger partial charge in [-0.2, -0.15) is 0 Å². The minimum absolute atomic E-state index is 0.459. The van der Waals surface area contributed by atoms with Gasteiger partial charge in [0, 0.05) is 5.92 Å². The largest absolute Gasteiger partial charge is 0.0998 e. The maximum atomic E-state index is 4.12. The first-order chi connectivity index (χ1) is 8.68. The van der Waals surface area contributed by atoms with Crippen molar-refractivity contribution < 1.29 is 0 Å². The first-order valence-electron chi connectivity index (χ1n) is 6.53. The van der Waals surface area contributed by atoms with Gasteiger partial charge < -0.3 is 0 Å². The van der Waals surface area contributed by atoms with Gasteiger partial charge in [-0.3, -0.25) is 0 Å². The van der Waals surface area contributed by atoms with Crippen LogP contribution in [0.5, 0.6) is 0 Å². The molecule has 0 heterocycles. The Bertz CT molecular complexity index is 641. The summed E-state index contributed by atoms with van der Waals surface area (Å²) in [5.74, 6) is 0.946. The predicted octanol–water partition coefficient (Wildman–Crippen LogP) is 5.16. The summed E-state index contributed by atoms with van der Waals surface area (Å²) in [4.78, 5) is 0. The van der Waals surface area contributed by atoms with E-state index in [2.05, 4.69) is 69.0 Å². The molecule has 2 aromatic carbocycles. The number of rotatable bonds is 2. The van der Waals surface area contributed by atoms with Crippen LogP contribution in [0, 0.1) is 5.92 Å². The van der Waals surface area contributed by atoms with Crippen molar-refractivity contribution >= 4 is 16.8 Å². The summed E-state index contributed by atoms with van der Waals surface area (Å²) in [6.45, 7) is 8.51. The molecule has 0 spiro atoms. The Labute approximate surface area is 109 Å². The van der Waals surface area contributed by atoms with Crippen LogP contribution in [0.1, 0.15) is 30.9 Å². The second kappa shape index (κ2) is 4.13. The highest BCUT2D eigenvalue weighted by Crippen LogP contribution is 2.40. The number of hydrogen-bond acceptors (Lipinski definition) is 0. The van der Waals surface area contributed by atoms with E-state index in [-0.39, 0.29) is 0 Å². The molecule has 0 aromatic heterocycles. The Morgan fingerprint density at radius 3 is 2.61 bits per heavy atom. The van der Waals surface area contributed by atoms with Crippen LogP contribution in [0.15, 0.2) is 54.6 Å². The molecule has 1 aliphatic rings. The fourth-order valence-electron chi connectivity index (χ4n) is 2.87. The molecule has 2 atom stereocenters. The standard InChI is InChI=1S/C18H18/c1-12(2)13(3)16-11-10-15-7-4-6-14-8-5-9-17(16)18(14)15/h4-11,13,16H,1H2,2-3H3. The van der Waals surface area contributed by atoms with E-state index in [1.807, 2.05) is 0 Å². The zero-order chi connectivity index (χ0) is 12.7. The van der Waals surface area contributed by atoms with Gasteiger partial charge in [0.05, 0.1) is 0 Å². The third kappa shape index (κ3) is 1.60. The van der Waals surface area contributed by atoms with Gasteiger partial charge in [0.25, 0.3) is 0 Å². The van der Waals surface area contributed by atoms with Gasteiger partial charge in [0.15, 0.2) is 0 Å². The minimum atomic E-state index is 0.459. The van der Waals surface area contributed by atoms with E-state index in [0.717, 1.165) is 0 Å². The summed E-state index contributed by atoms with van der Waals surface area (Å²) in [5, 5.41) is 2.76. The molecule has 0 heteroatoms. The molecule has 3 rings (SSSR count). The second-order valence-corrected chi connectivity index (χ2v) is 5.31. The Balaban J connectivity index is 2.25. The summed E-state index contributed by atoms with van der Waals surface area (Å²) >= 11 is 0. The molecular formula is C18H18. The maximum absolute atomic E-state index is 4.12. The van der Waals surface area contributed by atoms with E-state index in [1.54, 1.807) is 0 Å². The average molecular weight is 234 g/mol. The van der Waals surface area contributed by atoms with Crippen LogP contribution < -0.4 is 0 Å². The van der Waals surface area contributed by atoms with E-state index in [4.69, 9.17) is 0 Å². The summed E-state index contributed by atoms with van der Waals surface area (Å²) in [6.07, 6.45) is 4.59. The van der Waals surface area contributed by atoms with Crippen molar-refractivity contribution in [2.75, 3.05) is 0 Å². The lowest BCUT2D eigenvalue weighted by molar-refractivity contribution is 0.611. The first-order valence-corrected chi connectivity index (χ1v) is 6.53. The summed E-state index contributed by atoms with van der Waals surface area (Å²) in [6, 6.07) is 13.2. The number of allylic oxidation sites excluding steroid dienone is 2. The Morgan fingerprint density at radius 2 is 1.89 bits per heavy atom. The van der Waals surface area contributed by atoms with E-state index < -0.39 is 0 Å². The monoisotopic (exact) mass is 234 g/mol. The molecule has 2 unspecified atom stereocenters. The van der Waals surface area contributed by atoms with Crippen molar-refractivity contribution in [2.45, 2.75) is 19.8 Å². The summed E-state index contributed by atoms with van der Waals surface area (Å²) in [7, 11) is 0. The van der Waals surface area contributed by atoms with Gasteiger partial charge in [0.1, 0.15) is 0 Å². The second-order valence-electron chi connectivity index (χ2n) is 5.31. The number of hydrogen-bond donors (Lipinski definition) is 0. The Morgan fingerprint density at radius 1 is 1.17 bits per heavy atom. The molecule has 0 saturated carbocycles. The molecule has 0 saturated heterocycles. The zero-order valence-electron chi connectivity index (χ0n) is 11.0. The van der Waals surface area contributed by atoms with Crippen molar-refractivity contribution in [3.05, 3.63) is 65.8 Å². The Hall–Kier alpha value is -1.82. The highest BCUT2D eigenvalue weighted by atomic mass is 14.3. The van der Waals surface area contributed by atoms with Gasteiger partial charge >= 0.3 is 0 Å². The van der Waals surface area contributed by atoms with Gasteiger partial charge in [0.2, 0.25) is 0 Å². The molecular weight excluding hydrogens is 216 g/mol. The van der Waals surface area contributed by atoms with Crippen molar-refractivity contribution in [1.29, 1.82) is 0 Å². The zero-order valence-corrected chi connectivity index (χ0v) is 11.0. The molecule has 0 fully saturated rings. The molecule has 0 amide bonds. The molecule has 0 radical (unpaired) electrons. The fraction of sp³-hybridized carbons (Fsp3) is 0.222. The molecule has 18 heavy (non-hydrogen) atoms. The molecule has 90 valence electrons. The van der Waals surface area contributed by atoms with Crippen LogP contribution in [-0.2, 0) is 0 Å². The predicted molar refractivity (Wildman–Crippen MR) is 79.7 cm³/mol. The molecule has 1 aliphatic carbocycles. The van der Waals surface area contributed by atoms with E-state index in [9.17, 15) is 0 Å². The quantitative estimate of drug-likeness (QED) is 0.629. The minimum Gasteiger partial charge on any atom is -0.0998 e. The molecule has 0 bridgehead atoms. The van der Waals surface area contributed by atoms with E-state index >= 15 is 0 Å². The lowest BCUT2D eigenvalue weighted by Crippen LogP contribution is -2.11. The lowest BCUT2D eigenvalue weighted by Gasteiger charge is -2.26. The van der Waals surface area contributed by atoms with Crippen LogP contribution in [-0.4, -0.2) is 0 Å². The summed E-state index contributed by atoms with van der Waals surface area (Å²) in [5.41, 5.74) is 4.04. The van der Waals surface area contributed by atoms with Crippen molar-refractivity contribution in [3.8, 4) is 0 Å². The van der Waals surface area contributed by atoms with Gasteiger partial charge in [-0.1, -0.05) is 67.6 Å². The van der Waals surface area contributed by atoms with E-state index in [0.29, 0.717) is 11.8 Å². The molecule has 0 nitrogen and oxygen atoms in total. The Kier molecular flexibility index (Phi) is 2.59. The van der Waals surface area contributed by atoms with Crippen molar-refractivity contribution in [2.24, 2.45) is 5.92 Å². The van der Waals surface area contributed by atoms with Crippen LogP contribution in [0.3, 0.4) is 0 Å². The smallest absolute Gasteiger partial charge is 0.00903 e. The highest BCUT2D eigenvalue weighted by Gasteiger charge is 2.22. The van der Waals surface area contributed by atoms with Gasteiger partial charge in [-0.05, 0) is 34.7 Å². The lowest BCUT2D eigenvalue weighted by atomic mass is 9.77. The molecule has 2 aromatic rings. The fourth-order valence-corrected chi connectivity index (χ4v) is 2.87. The normalized spacial score (nSPS) is 18.9. The molecule has 0 aliphatic heterocycles. The van der Waals surface area contributed by atoms with Crippen LogP contribution in [0.2, 0.25) is 0 Å². The average Bonchev–Trinajstić information content (AvgIpc) is 2.39. The third-order valence-corrected chi connectivity index (χ3v) is 4.13. The van der Waals surface area contributed by atoms with Crippen molar-refractivity contribution in [3.63, 3.8) is 0 Å². The van der Waals surface area contributed by atoms with Gasteiger partial charge in [-0.15, -0.1) is 0 Å². The first kappa shape index (κ1) is 11.3. The van der Waals surface area contributed by atoms with Gasteiger partial charge in [-0.25, -0.2) is 0 Å². The van der Waals surface area contributed by atoms with Crippen LogP contribution in [0.25, 0.3) is 16.8 Å². The highest BCUT2D eigenvalue weighted by molar-refractivity contribution is 5.95. The third-order valence-electron chi connectivity index (χ3n) is 4.13. The van der Waals surface area contributed by atoms with Crippen molar-refractivity contribution in [1.82, 2.24) is 0 Å². The topological polar surface area (TPSA) is 0 Å². The van der Waals surface area contributed by atoms with Crippen LogP contribution in [0.4, 0.5) is 0 Å². The van der Waals surface area contributed by atoms with Crippen LogP contribution >= 0.6 is 0 Å².